The van der Waals surface area contributed by atoms with E-state index in [9.17, 15) is 0 Å². The molecule has 1 N–H and O–H groups in total. The zero-order valence-corrected chi connectivity index (χ0v) is 12.3. The first-order chi connectivity index (χ1) is 9.31. The molecule has 4 heteroatoms. The largest absolute Gasteiger partial charge is 0.381 e. The zero-order valence-electron chi connectivity index (χ0n) is 12.3. The topological polar surface area (TPSA) is 39.1 Å². The molecule has 0 radical (unpaired) electrons. The number of ether oxygens (including phenoxy) is 1. The highest BCUT2D eigenvalue weighted by Gasteiger charge is 2.23. The molecule has 2 heterocycles. The van der Waals surface area contributed by atoms with E-state index in [4.69, 9.17) is 4.74 Å². The molecule has 1 aromatic rings. The molecule has 1 aliphatic rings. The van der Waals surface area contributed by atoms with E-state index >= 15 is 0 Å². The van der Waals surface area contributed by atoms with Gasteiger partial charge in [-0.05, 0) is 38.1 Å². The van der Waals surface area contributed by atoms with Crippen molar-refractivity contribution in [3.8, 4) is 0 Å². The van der Waals surface area contributed by atoms with Crippen molar-refractivity contribution in [2.45, 2.75) is 45.1 Å². The summed E-state index contributed by atoms with van der Waals surface area (Å²) < 4.78 is 7.61. The van der Waals surface area contributed by atoms with E-state index < -0.39 is 0 Å². The van der Waals surface area contributed by atoms with E-state index in [0.29, 0.717) is 6.04 Å². The van der Waals surface area contributed by atoms with Crippen LogP contribution in [0.2, 0.25) is 0 Å². The van der Waals surface area contributed by atoms with Crippen LogP contribution in [0.1, 0.15) is 38.4 Å². The van der Waals surface area contributed by atoms with E-state index in [1.807, 2.05) is 12.4 Å². The summed E-state index contributed by atoms with van der Waals surface area (Å²) in [6.45, 7) is 5.20. The maximum atomic E-state index is 5.48. The van der Waals surface area contributed by atoms with E-state index in [2.05, 4.69) is 28.8 Å². The number of nitrogens with one attached hydrogen (secondary N) is 1. The van der Waals surface area contributed by atoms with Crippen LogP contribution in [0, 0.1) is 5.92 Å². The lowest BCUT2D eigenvalue weighted by molar-refractivity contribution is 0.0525. The molecule has 1 saturated heterocycles. The first-order valence-electron chi connectivity index (χ1n) is 7.58. The molecule has 1 unspecified atom stereocenters. The number of aryl methyl sites for hydroxylation is 2. The fraction of sp³-hybridized carbons (Fsp3) is 0.800. The predicted octanol–water partition coefficient (Wildman–Crippen LogP) is 2.15. The summed E-state index contributed by atoms with van der Waals surface area (Å²) in [5, 5.41) is 3.73. The first-order valence-corrected chi connectivity index (χ1v) is 7.58. The molecule has 2 rings (SSSR count). The van der Waals surface area contributed by atoms with Gasteiger partial charge in [-0.2, -0.15) is 0 Å². The summed E-state index contributed by atoms with van der Waals surface area (Å²) in [7, 11) is 2.07. The van der Waals surface area contributed by atoms with Crippen molar-refractivity contribution in [3.05, 3.63) is 18.2 Å². The van der Waals surface area contributed by atoms with Crippen molar-refractivity contribution in [1.82, 2.24) is 14.9 Å². The van der Waals surface area contributed by atoms with Crippen molar-refractivity contribution < 1.29 is 4.74 Å². The number of imidazole rings is 1. The minimum Gasteiger partial charge on any atom is -0.381 e. The maximum absolute atomic E-state index is 5.48. The first kappa shape index (κ1) is 14.5. The molecule has 0 aliphatic carbocycles. The molecule has 1 aliphatic heterocycles. The van der Waals surface area contributed by atoms with Gasteiger partial charge >= 0.3 is 0 Å². The van der Waals surface area contributed by atoms with Gasteiger partial charge < -0.3 is 14.6 Å². The summed E-state index contributed by atoms with van der Waals surface area (Å²) in [5.41, 5.74) is 0. The van der Waals surface area contributed by atoms with Gasteiger partial charge in [-0.15, -0.1) is 0 Å². The van der Waals surface area contributed by atoms with Crippen molar-refractivity contribution in [1.29, 1.82) is 0 Å². The fourth-order valence-corrected chi connectivity index (χ4v) is 2.87. The molecule has 0 amide bonds. The number of hydrogen-bond acceptors (Lipinski definition) is 3. The fourth-order valence-electron chi connectivity index (χ4n) is 2.87. The van der Waals surface area contributed by atoms with E-state index in [1.165, 1.54) is 31.5 Å². The molecule has 0 aromatic carbocycles. The van der Waals surface area contributed by atoms with E-state index in [1.54, 1.807) is 0 Å². The van der Waals surface area contributed by atoms with Gasteiger partial charge in [0, 0.05) is 45.1 Å². The Labute approximate surface area is 116 Å². The van der Waals surface area contributed by atoms with Crippen molar-refractivity contribution in [2.75, 3.05) is 19.8 Å². The summed E-state index contributed by atoms with van der Waals surface area (Å²) >= 11 is 0. The molecule has 0 spiro atoms. The van der Waals surface area contributed by atoms with Crippen LogP contribution >= 0.6 is 0 Å². The Morgan fingerprint density at radius 3 is 2.89 bits per heavy atom. The number of rotatable bonds is 7. The van der Waals surface area contributed by atoms with Crippen LogP contribution in [0.5, 0.6) is 0 Å². The predicted molar refractivity (Wildman–Crippen MR) is 77.2 cm³/mol. The van der Waals surface area contributed by atoms with Crippen molar-refractivity contribution >= 4 is 0 Å². The van der Waals surface area contributed by atoms with Crippen LogP contribution in [0.4, 0.5) is 0 Å². The summed E-state index contributed by atoms with van der Waals surface area (Å²) in [5.74, 6) is 1.95. The Bertz CT molecular complexity index is 358. The molecule has 0 saturated carbocycles. The molecular weight excluding hydrogens is 238 g/mol. The molecule has 0 bridgehead atoms. The van der Waals surface area contributed by atoms with E-state index in [0.717, 1.165) is 32.1 Å². The quantitative estimate of drug-likeness (QED) is 0.821. The number of nitrogens with zero attached hydrogens (tertiary/aromatic N) is 2. The van der Waals surface area contributed by atoms with Crippen molar-refractivity contribution in [3.63, 3.8) is 0 Å². The lowest BCUT2D eigenvalue weighted by Gasteiger charge is -2.31. The van der Waals surface area contributed by atoms with Gasteiger partial charge in [-0.1, -0.05) is 6.92 Å². The Morgan fingerprint density at radius 1 is 1.47 bits per heavy atom. The van der Waals surface area contributed by atoms with Gasteiger partial charge in [0.2, 0.25) is 0 Å². The second-order valence-corrected chi connectivity index (χ2v) is 5.50. The van der Waals surface area contributed by atoms with Gasteiger partial charge in [-0.3, -0.25) is 0 Å². The Kier molecular flexibility index (Phi) is 5.86. The van der Waals surface area contributed by atoms with Crippen LogP contribution in [-0.4, -0.2) is 35.4 Å². The summed E-state index contributed by atoms with van der Waals surface area (Å²) in [6.07, 6.45) is 9.74. The third-order valence-electron chi connectivity index (χ3n) is 4.09. The third-order valence-corrected chi connectivity index (χ3v) is 4.09. The van der Waals surface area contributed by atoms with Gasteiger partial charge in [0.25, 0.3) is 0 Å². The molecule has 1 atom stereocenters. The van der Waals surface area contributed by atoms with Crippen LogP contribution < -0.4 is 5.32 Å². The molecular formula is C15H27N3O. The van der Waals surface area contributed by atoms with Gasteiger partial charge in [0.05, 0.1) is 0 Å². The number of hydrogen-bond donors (Lipinski definition) is 1. The standard InChI is InChI=1S/C15H27N3O/c1-3-8-16-14(13-6-11-19-12-7-13)4-5-15-17-9-10-18(15)2/h9-10,13-14,16H,3-8,11-12H2,1-2H3. The highest BCUT2D eigenvalue weighted by atomic mass is 16.5. The average Bonchev–Trinajstić information content (AvgIpc) is 2.85. The Morgan fingerprint density at radius 2 is 2.26 bits per heavy atom. The van der Waals surface area contributed by atoms with Gasteiger partial charge in [0.1, 0.15) is 5.82 Å². The van der Waals surface area contributed by atoms with Gasteiger partial charge in [0.15, 0.2) is 0 Å². The molecule has 4 nitrogen and oxygen atoms in total. The zero-order chi connectivity index (χ0) is 13.5. The van der Waals surface area contributed by atoms with Crippen LogP contribution in [-0.2, 0) is 18.2 Å². The second kappa shape index (κ2) is 7.65. The van der Waals surface area contributed by atoms with Gasteiger partial charge in [-0.25, -0.2) is 4.98 Å². The third kappa shape index (κ3) is 4.32. The molecule has 19 heavy (non-hydrogen) atoms. The average molecular weight is 265 g/mol. The second-order valence-electron chi connectivity index (χ2n) is 5.50. The SMILES string of the molecule is CCCNC(CCc1nccn1C)C1CCOCC1. The highest BCUT2D eigenvalue weighted by molar-refractivity contribution is 4.93. The maximum Gasteiger partial charge on any atom is 0.108 e. The Hall–Kier alpha value is -0.870. The Balaban J connectivity index is 1.87. The van der Waals surface area contributed by atoms with Crippen LogP contribution in [0.15, 0.2) is 12.4 Å². The lowest BCUT2D eigenvalue weighted by Crippen LogP contribution is -2.40. The normalized spacial score (nSPS) is 18.6. The highest BCUT2D eigenvalue weighted by Crippen LogP contribution is 2.22. The van der Waals surface area contributed by atoms with Crippen LogP contribution in [0.25, 0.3) is 0 Å². The molecule has 1 aromatic heterocycles. The van der Waals surface area contributed by atoms with Crippen LogP contribution in [0.3, 0.4) is 0 Å². The molecule has 108 valence electrons. The minimum absolute atomic E-state index is 0.612. The monoisotopic (exact) mass is 265 g/mol. The lowest BCUT2D eigenvalue weighted by atomic mass is 9.88. The molecule has 1 fully saturated rings. The van der Waals surface area contributed by atoms with Crippen molar-refractivity contribution in [2.24, 2.45) is 13.0 Å². The van der Waals surface area contributed by atoms with E-state index in [-0.39, 0.29) is 0 Å². The smallest absolute Gasteiger partial charge is 0.108 e. The summed E-state index contributed by atoms with van der Waals surface area (Å²) in [4.78, 5) is 4.42. The number of aromatic nitrogens is 2. The summed E-state index contributed by atoms with van der Waals surface area (Å²) in [6, 6.07) is 0.612. The minimum atomic E-state index is 0.612.